The van der Waals surface area contributed by atoms with E-state index in [-0.39, 0.29) is 11.2 Å². The molecule has 2 saturated carbocycles. The lowest BCUT2D eigenvalue weighted by atomic mass is 9.52. The Labute approximate surface area is 118 Å². The van der Waals surface area contributed by atoms with Crippen LogP contribution in [0.25, 0.3) is 0 Å². The molecule has 0 unspecified atom stereocenters. The van der Waals surface area contributed by atoms with E-state index in [1.807, 2.05) is 0 Å². The van der Waals surface area contributed by atoms with Gasteiger partial charge < -0.3 is 9.47 Å². The van der Waals surface area contributed by atoms with E-state index in [0.29, 0.717) is 11.3 Å². The number of hydrogen-bond donors (Lipinski definition) is 0. The summed E-state index contributed by atoms with van der Waals surface area (Å²) in [5.74, 6) is 1.53. The summed E-state index contributed by atoms with van der Waals surface area (Å²) >= 11 is 0. The second-order valence-electron chi connectivity index (χ2n) is 7.65. The van der Waals surface area contributed by atoms with Crippen molar-refractivity contribution in [3.63, 3.8) is 0 Å². The number of ether oxygens (including phenoxy) is 2. The van der Waals surface area contributed by atoms with Gasteiger partial charge in [0.25, 0.3) is 0 Å². The Balaban J connectivity index is 1.89. The van der Waals surface area contributed by atoms with E-state index in [2.05, 4.69) is 27.7 Å². The van der Waals surface area contributed by atoms with Gasteiger partial charge >= 0.3 is 0 Å². The lowest BCUT2D eigenvalue weighted by Crippen LogP contribution is -2.66. The van der Waals surface area contributed by atoms with Gasteiger partial charge in [0.1, 0.15) is 5.60 Å². The second-order valence-corrected chi connectivity index (χ2v) is 7.65. The van der Waals surface area contributed by atoms with Crippen molar-refractivity contribution in [1.82, 2.24) is 0 Å². The lowest BCUT2D eigenvalue weighted by Gasteiger charge is -2.59. The maximum atomic E-state index is 6.44. The summed E-state index contributed by atoms with van der Waals surface area (Å²) in [5, 5.41) is 0. The molecule has 0 amide bonds. The van der Waals surface area contributed by atoms with Gasteiger partial charge in [0, 0.05) is 12.5 Å². The molecule has 0 N–H and O–H groups in total. The van der Waals surface area contributed by atoms with Crippen LogP contribution in [0.4, 0.5) is 0 Å². The summed E-state index contributed by atoms with van der Waals surface area (Å²) in [5.41, 5.74) is 0.250. The highest BCUT2D eigenvalue weighted by atomic mass is 16.6. The van der Waals surface area contributed by atoms with Gasteiger partial charge in [0.15, 0.2) is 0 Å². The third-order valence-corrected chi connectivity index (χ3v) is 6.84. The summed E-state index contributed by atoms with van der Waals surface area (Å²) < 4.78 is 12.8. The highest BCUT2D eigenvalue weighted by Crippen LogP contribution is 2.64. The zero-order valence-electron chi connectivity index (χ0n) is 13.1. The molecule has 110 valence electrons. The van der Waals surface area contributed by atoms with Crippen LogP contribution in [0.2, 0.25) is 0 Å². The van der Waals surface area contributed by atoms with Crippen molar-refractivity contribution in [2.45, 2.75) is 77.4 Å². The molecule has 0 aromatic carbocycles. The fraction of sp³-hybridized carbons (Fsp3) is 1.00. The summed E-state index contributed by atoms with van der Waals surface area (Å²) in [7, 11) is 0. The second kappa shape index (κ2) is 4.46. The van der Waals surface area contributed by atoms with Gasteiger partial charge in [-0.05, 0) is 50.9 Å². The van der Waals surface area contributed by atoms with Gasteiger partial charge in [-0.2, -0.15) is 0 Å². The van der Waals surface area contributed by atoms with E-state index in [4.69, 9.17) is 9.47 Å². The molecule has 3 fully saturated rings. The van der Waals surface area contributed by atoms with Crippen molar-refractivity contribution in [1.29, 1.82) is 0 Å². The highest BCUT2D eigenvalue weighted by molar-refractivity contribution is 5.20. The minimum absolute atomic E-state index is 0.0249. The maximum absolute atomic E-state index is 6.44. The number of fused-ring (bicyclic) bond motifs is 1. The first-order chi connectivity index (χ1) is 8.97. The molecule has 1 aliphatic heterocycles. The molecule has 1 saturated heterocycles. The van der Waals surface area contributed by atoms with Crippen molar-refractivity contribution in [3.05, 3.63) is 0 Å². The largest absolute Gasteiger partial charge is 0.372 e. The van der Waals surface area contributed by atoms with Crippen LogP contribution >= 0.6 is 0 Å². The Morgan fingerprint density at radius 2 is 1.79 bits per heavy atom. The third-order valence-electron chi connectivity index (χ3n) is 6.84. The van der Waals surface area contributed by atoms with E-state index < -0.39 is 0 Å². The van der Waals surface area contributed by atoms with Gasteiger partial charge in [0.05, 0.1) is 12.2 Å². The first-order valence-electron chi connectivity index (χ1n) is 8.25. The van der Waals surface area contributed by atoms with Crippen molar-refractivity contribution >= 4 is 0 Å². The fourth-order valence-electron chi connectivity index (χ4n) is 4.99. The summed E-state index contributed by atoms with van der Waals surface area (Å²) in [4.78, 5) is 0. The molecule has 1 heterocycles. The molecule has 3 aliphatic rings. The minimum Gasteiger partial charge on any atom is -0.372 e. The number of rotatable bonds is 3. The van der Waals surface area contributed by atoms with E-state index in [9.17, 15) is 0 Å². The van der Waals surface area contributed by atoms with Crippen molar-refractivity contribution in [2.24, 2.45) is 17.3 Å². The van der Waals surface area contributed by atoms with Crippen LogP contribution in [-0.2, 0) is 9.47 Å². The normalized spacial score (nSPS) is 53.7. The molecule has 0 aromatic rings. The molecule has 3 rings (SSSR count). The summed E-state index contributed by atoms with van der Waals surface area (Å²) in [6, 6.07) is 0. The SMILES string of the molecule is CCO[C@@]12CC[C@@H]1CO[C@@]2(C)C1(C)CCC(C)CC1. The van der Waals surface area contributed by atoms with Gasteiger partial charge in [-0.1, -0.05) is 26.7 Å². The molecular formula is C17H30O2. The third kappa shape index (κ3) is 1.68. The predicted molar refractivity (Wildman–Crippen MR) is 77.2 cm³/mol. The Morgan fingerprint density at radius 1 is 1.11 bits per heavy atom. The maximum Gasteiger partial charge on any atom is 0.102 e. The number of hydrogen-bond acceptors (Lipinski definition) is 2. The Kier molecular flexibility index (Phi) is 3.26. The summed E-state index contributed by atoms with van der Waals surface area (Å²) in [6.07, 6.45) is 7.79. The minimum atomic E-state index is -0.0704. The molecule has 2 nitrogen and oxygen atoms in total. The van der Waals surface area contributed by atoms with Gasteiger partial charge in [-0.15, -0.1) is 0 Å². The fourth-order valence-corrected chi connectivity index (χ4v) is 4.99. The molecule has 0 aromatic heterocycles. The van der Waals surface area contributed by atoms with E-state index in [0.717, 1.165) is 19.1 Å². The average molecular weight is 266 g/mol. The van der Waals surface area contributed by atoms with Crippen LogP contribution in [0, 0.1) is 17.3 Å². The molecule has 0 radical (unpaired) electrons. The first-order valence-corrected chi connectivity index (χ1v) is 8.25. The van der Waals surface area contributed by atoms with Gasteiger partial charge in [-0.3, -0.25) is 0 Å². The van der Waals surface area contributed by atoms with Crippen LogP contribution < -0.4 is 0 Å². The van der Waals surface area contributed by atoms with Crippen LogP contribution in [0.5, 0.6) is 0 Å². The molecule has 2 aliphatic carbocycles. The van der Waals surface area contributed by atoms with Crippen LogP contribution in [0.1, 0.15) is 66.2 Å². The Morgan fingerprint density at radius 3 is 2.32 bits per heavy atom. The standard InChI is InChI=1S/C17H30O2/c1-5-18-17-11-8-14(17)12-19-16(17,4)15(3)9-6-13(2)7-10-15/h13-14H,5-12H2,1-4H3/t13?,14-,15?,16+,17+/m1/s1. The quantitative estimate of drug-likeness (QED) is 0.763. The highest BCUT2D eigenvalue weighted by Gasteiger charge is 2.70. The van der Waals surface area contributed by atoms with Crippen molar-refractivity contribution < 1.29 is 9.47 Å². The molecule has 3 atom stereocenters. The first kappa shape index (κ1) is 13.9. The zero-order chi connectivity index (χ0) is 13.7. The molecule has 19 heavy (non-hydrogen) atoms. The van der Waals surface area contributed by atoms with E-state index in [1.54, 1.807) is 0 Å². The molecule has 2 heteroatoms. The molecule has 0 spiro atoms. The summed E-state index contributed by atoms with van der Waals surface area (Å²) in [6.45, 7) is 11.1. The smallest absolute Gasteiger partial charge is 0.102 e. The Bertz CT molecular complexity index is 345. The zero-order valence-corrected chi connectivity index (χ0v) is 13.1. The van der Waals surface area contributed by atoms with E-state index >= 15 is 0 Å². The monoisotopic (exact) mass is 266 g/mol. The molecular weight excluding hydrogens is 236 g/mol. The van der Waals surface area contributed by atoms with Crippen molar-refractivity contribution in [3.8, 4) is 0 Å². The van der Waals surface area contributed by atoms with Crippen LogP contribution in [0.3, 0.4) is 0 Å². The van der Waals surface area contributed by atoms with E-state index in [1.165, 1.54) is 38.5 Å². The average Bonchev–Trinajstić information content (AvgIpc) is 2.56. The van der Waals surface area contributed by atoms with Gasteiger partial charge in [0.2, 0.25) is 0 Å². The van der Waals surface area contributed by atoms with Crippen LogP contribution in [0.15, 0.2) is 0 Å². The lowest BCUT2D eigenvalue weighted by molar-refractivity contribution is -0.238. The van der Waals surface area contributed by atoms with Crippen molar-refractivity contribution in [2.75, 3.05) is 13.2 Å². The Hall–Kier alpha value is -0.0800. The van der Waals surface area contributed by atoms with Gasteiger partial charge in [-0.25, -0.2) is 0 Å². The topological polar surface area (TPSA) is 18.5 Å². The molecule has 0 bridgehead atoms. The van der Waals surface area contributed by atoms with Crippen LogP contribution in [-0.4, -0.2) is 24.4 Å². The predicted octanol–water partition coefficient (Wildman–Crippen LogP) is 4.18.